The van der Waals surface area contributed by atoms with Gasteiger partial charge in [0, 0.05) is 27.3 Å². The molecule has 3 heteroatoms. The van der Waals surface area contributed by atoms with Gasteiger partial charge in [-0.3, -0.25) is 4.57 Å². The number of para-hydroxylation sites is 1. The van der Waals surface area contributed by atoms with Crippen LogP contribution < -0.4 is 0 Å². The minimum absolute atomic E-state index is 0.183. The van der Waals surface area contributed by atoms with Gasteiger partial charge in [-0.05, 0) is 34.0 Å². The highest BCUT2D eigenvalue weighted by molar-refractivity contribution is 6.21. The van der Waals surface area contributed by atoms with Crippen molar-refractivity contribution in [2.24, 2.45) is 0 Å². The number of hydrogen-bond donors (Lipinski definition) is 0. The number of rotatable bonds is 3. The van der Waals surface area contributed by atoms with Gasteiger partial charge >= 0.3 is 0 Å². The summed E-state index contributed by atoms with van der Waals surface area (Å²) >= 11 is 0. The van der Waals surface area contributed by atoms with Crippen LogP contribution in [0.3, 0.4) is 0 Å². The fourth-order valence-corrected chi connectivity index (χ4v) is 6.20. The van der Waals surface area contributed by atoms with Gasteiger partial charge in [0.15, 0.2) is 0 Å². The van der Waals surface area contributed by atoms with Crippen LogP contribution in [-0.2, 0) is 5.41 Å². The summed E-state index contributed by atoms with van der Waals surface area (Å²) in [6, 6.07) is 40.9. The standard InChI is InChI=1S/C37H27N3/c1-37(2)23-22-30-34(27-18-16-25(17-19-27)24-10-4-3-5-11-24)38-36(39-35(30)37)40-31-15-9-8-14-29(31)33-28-13-7-6-12-26(28)20-21-32(33)40/h3-23H,1-2H3. The molecular formula is C37H27N3. The zero-order valence-electron chi connectivity index (χ0n) is 22.5. The largest absolute Gasteiger partial charge is 0.278 e. The van der Waals surface area contributed by atoms with Gasteiger partial charge in [-0.2, -0.15) is 0 Å². The Morgan fingerprint density at radius 2 is 1.25 bits per heavy atom. The van der Waals surface area contributed by atoms with Crippen LogP contribution in [-0.4, -0.2) is 14.5 Å². The van der Waals surface area contributed by atoms with E-state index in [1.807, 2.05) is 0 Å². The van der Waals surface area contributed by atoms with Gasteiger partial charge in [-0.25, -0.2) is 9.97 Å². The highest BCUT2D eigenvalue weighted by Gasteiger charge is 2.31. The van der Waals surface area contributed by atoms with Crippen molar-refractivity contribution in [3.63, 3.8) is 0 Å². The highest BCUT2D eigenvalue weighted by Crippen LogP contribution is 2.41. The summed E-state index contributed by atoms with van der Waals surface area (Å²) in [6.07, 6.45) is 4.44. The fourth-order valence-electron chi connectivity index (χ4n) is 6.20. The first kappa shape index (κ1) is 22.9. The van der Waals surface area contributed by atoms with Gasteiger partial charge in [0.05, 0.1) is 22.4 Å². The van der Waals surface area contributed by atoms with Crippen LogP contribution in [0.2, 0.25) is 0 Å². The van der Waals surface area contributed by atoms with E-state index in [9.17, 15) is 0 Å². The maximum Gasteiger partial charge on any atom is 0.235 e. The Kier molecular flexibility index (Phi) is 4.86. The summed E-state index contributed by atoms with van der Waals surface area (Å²) in [4.78, 5) is 10.6. The summed E-state index contributed by atoms with van der Waals surface area (Å²) < 4.78 is 2.24. The maximum atomic E-state index is 5.31. The summed E-state index contributed by atoms with van der Waals surface area (Å²) in [5.74, 6) is 0.708. The first-order chi connectivity index (χ1) is 19.6. The first-order valence-electron chi connectivity index (χ1n) is 13.8. The third-order valence-electron chi connectivity index (χ3n) is 8.24. The average molecular weight is 514 g/mol. The van der Waals surface area contributed by atoms with Crippen LogP contribution in [0, 0.1) is 0 Å². The molecule has 0 amide bonds. The van der Waals surface area contributed by atoms with Crippen LogP contribution in [0.4, 0.5) is 0 Å². The number of fused-ring (bicyclic) bond motifs is 6. The molecule has 1 aliphatic rings. The number of aromatic nitrogens is 3. The minimum Gasteiger partial charge on any atom is -0.278 e. The molecule has 0 radical (unpaired) electrons. The lowest BCUT2D eigenvalue weighted by atomic mass is 9.91. The predicted octanol–water partition coefficient (Wildman–Crippen LogP) is 9.37. The predicted molar refractivity (Wildman–Crippen MR) is 167 cm³/mol. The second kappa shape index (κ2) is 8.49. The fraction of sp³-hybridized carbons (Fsp3) is 0.0811. The molecule has 0 spiro atoms. The average Bonchev–Trinajstić information content (AvgIpc) is 3.51. The smallest absolute Gasteiger partial charge is 0.235 e. The second-order valence-electron chi connectivity index (χ2n) is 11.2. The molecule has 7 aromatic rings. The second-order valence-corrected chi connectivity index (χ2v) is 11.2. The van der Waals surface area contributed by atoms with Crippen molar-refractivity contribution in [3.05, 3.63) is 133 Å². The Morgan fingerprint density at radius 1 is 0.575 bits per heavy atom. The molecule has 0 atom stereocenters. The Hall–Kier alpha value is -5.02. The molecule has 0 N–H and O–H groups in total. The lowest BCUT2D eigenvalue weighted by Crippen LogP contribution is -2.16. The van der Waals surface area contributed by atoms with Crippen molar-refractivity contribution in [3.8, 4) is 28.3 Å². The lowest BCUT2D eigenvalue weighted by Gasteiger charge is -2.20. The Labute approximate surface area is 233 Å². The molecule has 40 heavy (non-hydrogen) atoms. The van der Waals surface area contributed by atoms with Gasteiger partial charge in [0.2, 0.25) is 5.95 Å². The number of benzene rings is 5. The summed E-state index contributed by atoms with van der Waals surface area (Å²) in [7, 11) is 0. The van der Waals surface area contributed by atoms with Crippen molar-refractivity contribution in [2.75, 3.05) is 0 Å². The molecule has 190 valence electrons. The van der Waals surface area contributed by atoms with Gasteiger partial charge in [-0.1, -0.05) is 129 Å². The van der Waals surface area contributed by atoms with Crippen molar-refractivity contribution in [2.45, 2.75) is 19.3 Å². The molecule has 0 fully saturated rings. The molecule has 2 aromatic heterocycles. The van der Waals surface area contributed by atoms with Gasteiger partial charge in [0.1, 0.15) is 0 Å². The van der Waals surface area contributed by atoms with Crippen molar-refractivity contribution >= 4 is 38.7 Å². The molecule has 0 saturated heterocycles. The maximum absolute atomic E-state index is 5.31. The molecular weight excluding hydrogens is 486 g/mol. The van der Waals surface area contributed by atoms with Crippen molar-refractivity contribution in [1.29, 1.82) is 0 Å². The molecule has 0 unspecified atom stereocenters. The molecule has 1 aliphatic carbocycles. The molecule has 8 rings (SSSR count). The van der Waals surface area contributed by atoms with E-state index in [2.05, 4.69) is 146 Å². The van der Waals surface area contributed by atoms with E-state index < -0.39 is 0 Å². The quantitative estimate of drug-likeness (QED) is 0.236. The Balaban J connectivity index is 1.40. The monoisotopic (exact) mass is 513 g/mol. The van der Waals surface area contributed by atoms with Crippen LogP contribution in [0.5, 0.6) is 0 Å². The van der Waals surface area contributed by atoms with Crippen molar-refractivity contribution in [1.82, 2.24) is 14.5 Å². The number of allylic oxidation sites excluding steroid dienone is 1. The van der Waals surface area contributed by atoms with E-state index in [-0.39, 0.29) is 5.41 Å². The molecule has 5 aromatic carbocycles. The van der Waals surface area contributed by atoms with E-state index in [0.29, 0.717) is 5.95 Å². The molecule has 0 bridgehead atoms. The van der Waals surface area contributed by atoms with Gasteiger partial charge < -0.3 is 0 Å². The number of nitrogens with zero attached hydrogens (tertiary/aromatic N) is 3. The summed E-state index contributed by atoms with van der Waals surface area (Å²) in [5.41, 5.74) is 8.68. The molecule has 0 saturated carbocycles. The Morgan fingerprint density at radius 3 is 2.08 bits per heavy atom. The highest BCUT2D eigenvalue weighted by atomic mass is 15.2. The van der Waals surface area contributed by atoms with E-state index in [0.717, 1.165) is 33.5 Å². The van der Waals surface area contributed by atoms with Crippen LogP contribution in [0.1, 0.15) is 25.1 Å². The summed E-state index contributed by atoms with van der Waals surface area (Å²) in [5, 5.41) is 4.93. The number of hydrogen-bond acceptors (Lipinski definition) is 2. The minimum atomic E-state index is -0.183. The van der Waals surface area contributed by atoms with Gasteiger partial charge in [-0.15, -0.1) is 0 Å². The van der Waals surface area contributed by atoms with Crippen LogP contribution >= 0.6 is 0 Å². The molecule has 0 aliphatic heterocycles. The van der Waals surface area contributed by atoms with E-state index in [4.69, 9.17) is 9.97 Å². The van der Waals surface area contributed by atoms with E-state index in [1.54, 1.807) is 0 Å². The molecule has 3 nitrogen and oxygen atoms in total. The first-order valence-corrected chi connectivity index (χ1v) is 13.8. The third-order valence-corrected chi connectivity index (χ3v) is 8.24. The topological polar surface area (TPSA) is 30.7 Å². The lowest BCUT2D eigenvalue weighted by molar-refractivity contribution is 0.651. The van der Waals surface area contributed by atoms with E-state index in [1.165, 1.54) is 32.7 Å². The summed E-state index contributed by atoms with van der Waals surface area (Å²) in [6.45, 7) is 4.46. The zero-order valence-corrected chi connectivity index (χ0v) is 22.5. The van der Waals surface area contributed by atoms with Crippen LogP contribution in [0.15, 0.2) is 121 Å². The molecule has 2 heterocycles. The van der Waals surface area contributed by atoms with Crippen LogP contribution in [0.25, 0.3) is 67.0 Å². The van der Waals surface area contributed by atoms with Crippen molar-refractivity contribution < 1.29 is 0 Å². The normalized spacial score (nSPS) is 13.8. The van der Waals surface area contributed by atoms with Gasteiger partial charge in [0.25, 0.3) is 0 Å². The zero-order chi connectivity index (χ0) is 26.8. The van der Waals surface area contributed by atoms with E-state index >= 15 is 0 Å². The third kappa shape index (κ3) is 3.37. The SMILES string of the molecule is CC1(C)C=Cc2c(-c3ccc(-c4ccccc4)cc3)nc(-n3c4ccccc4c4c5ccccc5ccc43)nc21. The Bertz CT molecular complexity index is 2110.